The maximum absolute atomic E-state index is 6.02. The number of hydrogen-bond donors (Lipinski definition) is 1. The highest BCUT2D eigenvalue weighted by Crippen LogP contribution is 2.32. The van der Waals surface area contributed by atoms with Crippen LogP contribution in [0.2, 0.25) is 10.0 Å². The fraction of sp³-hybridized carbons (Fsp3) is 0.333. The van der Waals surface area contributed by atoms with Crippen molar-refractivity contribution < 1.29 is 4.74 Å². The number of ether oxygens (including phenoxy) is 1. The van der Waals surface area contributed by atoms with Crippen LogP contribution in [-0.4, -0.2) is 16.7 Å². The predicted octanol–water partition coefficient (Wildman–Crippen LogP) is 4.14. The monoisotopic (exact) mass is 317 g/mol. The molecule has 0 atom stereocenters. The van der Waals surface area contributed by atoms with Crippen molar-refractivity contribution in [3.8, 4) is 10.9 Å². The van der Waals surface area contributed by atoms with Gasteiger partial charge in [-0.05, 0) is 25.1 Å². The van der Waals surface area contributed by atoms with Gasteiger partial charge in [0.2, 0.25) is 0 Å². The van der Waals surface area contributed by atoms with Crippen molar-refractivity contribution in [2.24, 2.45) is 0 Å². The Morgan fingerprint density at radius 3 is 2.95 bits per heavy atom. The van der Waals surface area contributed by atoms with E-state index in [1.165, 1.54) is 11.3 Å². The average Bonchev–Trinajstić information content (AvgIpc) is 2.82. The second-order valence-electron chi connectivity index (χ2n) is 3.82. The molecule has 0 aliphatic carbocycles. The highest BCUT2D eigenvalue weighted by Gasteiger charge is 2.09. The number of nitrogens with zero attached hydrogens (tertiary/aromatic N) is 2. The summed E-state index contributed by atoms with van der Waals surface area (Å²) in [5, 5.41) is 13.6. The van der Waals surface area contributed by atoms with Crippen LogP contribution in [0, 0.1) is 0 Å². The molecule has 1 aromatic carbocycles. The van der Waals surface area contributed by atoms with Gasteiger partial charge in [-0.15, -0.1) is 5.10 Å². The molecule has 0 spiro atoms. The van der Waals surface area contributed by atoms with Crippen molar-refractivity contribution in [3.63, 3.8) is 0 Å². The van der Waals surface area contributed by atoms with E-state index < -0.39 is 0 Å². The first-order chi connectivity index (χ1) is 9.19. The van der Waals surface area contributed by atoms with Crippen molar-refractivity contribution >= 4 is 34.5 Å². The standard InChI is InChI=1S/C12H13Cl2N3OS/c1-2-5-15-7-11-16-17-12(19-11)18-10-6-8(13)3-4-9(10)14/h3-4,6,15H,2,5,7H2,1H3. The van der Waals surface area contributed by atoms with E-state index in [-0.39, 0.29) is 0 Å². The van der Waals surface area contributed by atoms with Crippen LogP contribution in [0.5, 0.6) is 10.9 Å². The molecule has 0 aliphatic heterocycles. The van der Waals surface area contributed by atoms with Gasteiger partial charge in [-0.1, -0.05) is 46.6 Å². The molecule has 0 radical (unpaired) electrons. The number of nitrogens with one attached hydrogen (secondary N) is 1. The first-order valence-electron chi connectivity index (χ1n) is 5.85. The van der Waals surface area contributed by atoms with Crippen LogP contribution in [-0.2, 0) is 6.54 Å². The Labute approximate surface area is 125 Å². The van der Waals surface area contributed by atoms with E-state index in [0.29, 0.717) is 27.5 Å². The van der Waals surface area contributed by atoms with Crippen molar-refractivity contribution in [2.45, 2.75) is 19.9 Å². The molecule has 0 fully saturated rings. The summed E-state index contributed by atoms with van der Waals surface area (Å²) in [5.41, 5.74) is 0. The molecular weight excluding hydrogens is 305 g/mol. The van der Waals surface area contributed by atoms with Crippen LogP contribution in [0.1, 0.15) is 18.4 Å². The molecule has 0 amide bonds. The highest BCUT2D eigenvalue weighted by molar-refractivity contribution is 7.13. The minimum absolute atomic E-state index is 0.456. The van der Waals surface area contributed by atoms with Crippen LogP contribution >= 0.6 is 34.5 Å². The van der Waals surface area contributed by atoms with Gasteiger partial charge >= 0.3 is 0 Å². The SMILES string of the molecule is CCCNCc1nnc(Oc2cc(Cl)ccc2Cl)s1. The van der Waals surface area contributed by atoms with Crippen molar-refractivity contribution in [2.75, 3.05) is 6.54 Å². The molecule has 0 bridgehead atoms. The Morgan fingerprint density at radius 1 is 1.32 bits per heavy atom. The molecule has 1 heterocycles. The van der Waals surface area contributed by atoms with Gasteiger partial charge in [-0.2, -0.15) is 0 Å². The van der Waals surface area contributed by atoms with Crippen LogP contribution < -0.4 is 10.1 Å². The number of halogens is 2. The zero-order valence-electron chi connectivity index (χ0n) is 10.3. The highest BCUT2D eigenvalue weighted by atomic mass is 35.5. The topological polar surface area (TPSA) is 47.0 Å². The lowest BCUT2D eigenvalue weighted by Gasteiger charge is -2.03. The molecule has 1 N–H and O–H groups in total. The van der Waals surface area contributed by atoms with Gasteiger partial charge < -0.3 is 10.1 Å². The second kappa shape index (κ2) is 7.05. The zero-order valence-corrected chi connectivity index (χ0v) is 12.6. The van der Waals surface area contributed by atoms with Gasteiger partial charge in [-0.25, -0.2) is 0 Å². The van der Waals surface area contributed by atoms with Crippen LogP contribution in [0.3, 0.4) is 0 Å². The van der Waals surface area contributed by atoms with Crippen LogP contribution in [0.4, 0.5) is 0 Å². The molecule has 0 unspecified atom stereocenters. The fourth-order valence-corrected chi connectivity index (χ4v) is 2.36. The van der Waals surface area contributed by atoms with E-state index >= 15 is 0 Å². The Bertz CT molecular complexity index is 548. The third-order valence-electron chi connectivity index (χ3n) is 2.24. The van der Waals surface area contributed by atoms with Gasteiger partial charge in [0.1, 0.15) is 10.8 Å². The largest absolute Gasteiger partial charge is 0.428 e. The molecule has 4 nitrogen and oxygen atoms in total. The maximum atomic E-state index is 6.02. The van der Waals surface area contributed by atoms with E-state index in [2.05, 4.69) is 22.4 Å². The third-order valence-corrected chi connectivity index (χ3v) is 3.59. The first kappa shape index (κ1) is 14.5. The molecule has 0 aliphatic rings. The normalized spacial score (nSPS) is 10.7. The Morgan fingerprint density at radius 2 is 2.16 bits per heavy atom. The van der Waals surface area contributed by atoms with Gasteiger partial charge in [0.05, 0.1) is 5.02 Å². The minimum Gasteiger partial charge on any atom is -0.428 e. The maximum Gasteiger partial charge on any atom is 0.299 e. The van der Waals surface area contributed by atoms with Gasteiger partial charge in [0.15, 0.2) is 0 Å². The lowest BCUT2D eigenvalue weighted by atomic mass is 10.3. The van der Waals surface area contributed by atoms with Crippen LogP contribution in [0.15, 0.2) is 18.2 Å². The van der Waals surface area contributed by atoms with E-state index in [0.717, 1.165) is 18.0 Å². The van der Waals surface area contributed by atoms with Crippen molar-refractivity contribution in [3.05, 3.63) is 33.3 Å². The number of benzene rings is 1. The Hall–Kier alpha value is -0.880. The molecule has 7 heteroatoms. The van der Waals surface area contributed by atoms with E-state index in [1.807, 2.05) is 0 Å². The number of hydrogen-bond acceptors (Lipinski definition) is 5. The Balaban J connectivity index is 2.01. The van der Waals surface area contributed by atoms with Crippen molar-refractivity contribution in [1.29, 1.82) is 0 Å². The summed E-state index contributed by atoms with van der Waals surface area (Å²) >= 11 is 13.3. The Kier molecular flexibility index (Phi) is 5.39. The molecule has 19 heavy (non-hydrogen) atoms. The quantitative estimate of drug-likeness (QED) is 0.813. The molecule has 0 saturated carbocycles. The summed E-state index contributed by atoms with van der Waals surface area (Å²) < 4.78 is 5.58. The van der Waals surface area contributed by atoms with E-state index in [1.54, 1.807) is 18.2 Å². The lowest BCUT2D eigenvalue weighted by Crippen LogP contribution is -2.13. The molecule has 102 valence electrons. The molecule has 1 aromatic heterocycles. The summed E-state index contributed by atoms with van der Waals surface area (Å²) in [6.07, 6.45) is 1.08. The first-order valence-corrected chi connectivity index (χ1v) is 7.42. The zero-order chi connectivity index (χ0) is 13.7. The smallest absolute Gasteiger partial charge is 0.299 e. The predicted molar refractivity (Wildman–Crippen MR) is 78.4 cm³/mol. The minimum atomic E-state index is 0.456. The molecule has 0 saturated heterocycles. The summed E-state index contributed by atoms with van der Waals surface area (Å²) in [6, 6.07) is 5.04. The average molecular weight is 318 g/mol. The summed E-state index contributed by atoms with van der Waals surface area (Å²) in [6.45, 7) is 3.76. The van der Waals surface area contributed by atoms with Gasteiger partial charge in [0, 0.05) is 17.6 Å². The van der Waals surface area contributed by atoms with E-state index in [4.69, 9.17) is 27.9 Å². The van der Waals surface area contributed by atoms with Gasteiger partial charge in [-0.3, -0.25) is 0 Å². The third kappa shape index (κ3) is 4.31. The van der Waals surface area contributed by atoms with Gasteiger partial charge in [0.25, 0.3) is 5.19 Å². The van der Waals surface area contributed by atoms with Crippen LogP contribution in [0.25, 0.3) is 0 Å². The summed E-state index contributed by atoms with van der Waals surface area (Å²) in [5.74, 6) is 0.485. The molecular formula is C12H13Cl2N3OS. The fourth-order valence-electron chi connectivity index (χ4n) is 1.37. The molecule has 2 aromatic rings. The summed E-state index contributed by atoms with van der Waals surface area (Å²) in [7, 11) is 0. The summed E-state index contributed by atoms with van der Waals surface area (Å²) in [4.78, 5) is 0. The second-order valence-corrected chi connectivity index (χ2v) is 5.68. The number of aromatic nitrogens is 2. The van der Waals surface area contributed by atoms with Crippen molar-refractivity contribution in [1.82, 2.24) is 15.5 Å². The molecule has 2 rings (SSSR count). The van der Waals surface area contributed by atoms with E-state index in [9.17, 15) is 0 Å². The number of rotatable bonds is 6. The lowest BCUT2D eigenvalue weighted by molar-refractivity contribution is 0.473.